The van der Waals surface area contributed by atoms with Crippen LogP contribution in [-0.2, 0) is 10.3 Å². The first-order chi connectivity index (χ1) is 10.9. The van der Waals surface area contributed by atoms with E-state index in [0.29, 0.717) is 0 Å². The van der Waals surface area contributed by atoms with Crippen LogP contribution in [0.25, 0.3) is 22.1 Å². The van der Waals surface area contributed by atoms with E-state index in [1.807, 2.05) is 18.2 Å². The zero-order chi connectivity index (χ0) is 14.3. The maximum Gasteiger partial charge on any atom is 0.182 e. The molecule has 3 aliphatic rings. The molecule has 0 saturated carbocycles. The van der Waals surface area contributed by atoms with E-state index in [1.165, 1.54) is 22.3 Å². The fraction of sp³-hybridized carbons (Fsp3) is 0.100. The summed E-state index contributed by atoms with van der Waals surface area (Å²) >= 11 is 0. The van der Waals surface area contributed by atoms with E-state index in [2.05, 4.69) is 48.6 Å². The molecule has 1 aliphatic heterocycles. The molecule has 1 fully saturated rings. The van der Waals surface area contributed by atoms with Crippen molar-refractivity contribution < 1.29 is 9.15 Å². The highest BCUT2D eigenvalue weighted by Crippen LogP contribution is 2.65. The largest absolute Gasteiger partial charge is 0.457 e. The van der Waals surface area contributed by atoms with Crippen LogP contribution in [0.5, 0.6) is 0 Å². The van der Waals surface area contributed by atoms with Gasteiger partial charge in [0.25, 0.3) is 0 Å². The summed E-state index contributed by atoms with van der Waals surface area (Å²) < 4.78 is 12.3. The highest BCUT2D eigenvalue weighted by Gasteiger charge is 2.65. The number of ether oxygens (including phenoxy) is 1. The van der Waals surface area contributed by atoms with Gasteiger partial charge in [-0.05, 0) is 28.8 Å². The third-order valence-electron chi connectivity index (χ3n) is 5.01. The van der Waals surface area contributed by atoms with E-state index in [1.54, 1.807) is 0 Å². The van der Waals surface area contributed by atoms with Crippen LogP contribution in [0.4, 0.5) is 0 Å². The number of furan rings is 1. The summed E-state index contributed by atoms with van der Waals surface area (Å²) in [5.74, 6) is 0.921. The second-order valence-corrected chi connectivity index (χ2v) is 6.12. The Kier molecular flexibility index (Phi) is 1.72. The van der Waals surface area contributed by atoms with E-state index in [9.17, 15) is 0 Å². The Morgan fingerprint density at radius 3 is 2.64 bits per heavy atom. The molecule has 22 heavy (non-hydrogen) atoms. The van der Waals surface area contributed by atoms with Crippen molar-refractivity contribution in [1.29, 1.82) is 0 Å². The number of hydrogen-bond donors (Lipinski definition) is 0. The predicted molar refractivity (Wildman–Crippen MR) is 85.2 cm³/mol. The molecule has 1 aromatic heterocycles. The lowest BCUT2D eigenvalue weighted by Gasteiger charge is -2.31. The van der Waals surface area contributed by atoms with Crippen molar-refractivity contribution in [3.05, 3.63) is 83.6 Å². The summed E-state index contributed by atoms with van der Waals surface area (Å²) in [5, 5.41) is 1.13. The van der Waals surface area contributed by atoms with E-state index < -0.39 is 5.60 Å². The molecule has 0 spiro atoms. The lowest BCUT2D eigenvalue weighted by molar-refractivity contribution is 0.319. The fourth-order valence-electron chi connectivity index (χ4n) is 3.94. The summed E-state index contributed by atoms with van der Waals surface area (Å²) in [6.45, 7) is 0. The summed E-state index contributed by atoms with van der Waals surface area (Å²) in [6.07, 6.45) is 4.44. The summed E-state index contributed by atoms with van der Waals surface area (Å²) in [7, 11) is 0. The normalized spacial score (nSPS) is 27.2. The molecule has 104 valence electrons. The Morgan fingerprint density at radius 1 is 0.909 bits per heavy atom. The first-order valence-corrected chi connectivity index (χ1v) is 7.57. The minimum absolute atomic E-state index is 0.0974. The molecule has 2 aliphatic carbocycles. The quantitative estimate of drug-likeness (QED) is 0.614. The molecule has 0 radical (unpaired) electrons. The van der Waals surface area contributed by atoms with Gasteiger partial charge < -0.3 is 9.15 Å². The second-order valence-electron chi connectivity index (χ2n) is 6.12. The summed E-state index contributed by atoms with van der Waals surface area (Å²) in [4.78, 5) is 0. The molecule has 0 amide bonds. The van der Waals surface area contributed by atoms with Gasteiger partial charge in [-0.1, -0.05) is 54.6 Å². The average Bonchev–Trinajstić information content (AvgIpc) is 3.10. The molecule has 6 rings (SSSR count). The predicted octanol–water partition coefficient (Wildman–Crippen LogP) is 4.52. The molecule has 0 bridgehead atoms. The molecule has 2 unspecified atom stereocenters. The van der Waals surface area contributed by atoms with Crippen LogP contribution in [-0.4, -0.2) is 6.10 Å². The van der Waals surface area contributed by atoms with Gasteiger partial charge in [-0.15, -0.1) is 0 Å². The topological polar surface area (TPSA) is 25.7 Å². The zero-order valence-electron chi connectivity index (χ0n) is 11.7. The molecule has 2 heterocycles. The highest BCUT2D eigenvalue weighted by molar-refractivity contribution is 6.12. The third-order valence-corrected chi connectivity index (χ3v) is 5.01. The standard InChI is InChI=1S/C20H12O2/c1-4-8-16-12(5-1)11-18(21-16)20-17(22-20)10-9-15-13-6-2-3-7-14(13)19(15)20/h1-11,17H. The number of benzene rings is 2. The number of fused-ring (bicyclic) bond motifs is 6. The van der Waals surface area contributed by atoms with Gasteiger partial charge in [-0.2, -0.15) is 0 Å². The lowest BCUT2D eigenvalue weighted by atomic mass is 9.70. The van der Waals surface area contributed by atoms with Gasteiger partial charge in [0.05, 0.1) is 0 Å². The Morgan fingerprint density at radius 2 is 1.73 bits per heavy atom. The van der Waals surface area contributed by atoms with E-state index >= 15 is 0 Å². The first-order valence-electron chi connectivity index (χ1n) is 7.57. The van der Waals surface area contributed by atoms with Crippen LogP contribution in [0.1, 0.15) is 16.9 Å². The van der Waals surface area contributed by atoms with Crippen molar-refractivity contribution in [2.75, 3.05) is 0 Å². The molecule has 3 aromatic rings. The number of allylic oxidation sites excluding steroid dienone is 2. The Labute approximate surface area is 127 Å². The number of rotatable bonds is 1. The van der Waals surface area contributed by atoms with Crippen molar-refractivity contribution in [2.24, 2.45) is 0 Å². The van der Waals surface area contributed by atoms with Crippen LogP contribution < -0.4 is 0 Å². The number of epoxide rings is 1. The van der Waals surface area contributed by atoms with Gasteiger partial charge in [0.15, 0.2) is 5.60 Å². The Hall–Kier alpha value is -2.58. The molecule has 2 nitrogen and oxygen atoms in total. The molecule has 2 aromatic carbocycles. The van der Waals surface area contributed by atoms with Crippen molar-refractivity contribution in [1.82, 2.24) is 0 Å². The van der Waals surface area contributed by atoms with Gasteiger partial charge in [0.1, 0.15) is 17.4 Å². The molecule has 2 heteroatoms. The van der Waals surface area contributed by atoms with Gasteiger partial charge in [-0.3, -0.25) is 0 Å². The van der Waals surface area contributed by atoms with Crippen LogP contribution >= 0.6 is 0 Å². The lowest BCUT2D eigenvalue weighted by Crippen LogP contribution is -2.23. The SMILES string of the molecule is C1=CC2OC2(c2cc3ccccc3o2)C2=C1c1ccccc12. The maximum absolute atomic E-state index is 6.13. The monoisotopic (exact) mass is 284 g/mol. The zero-order valence-corrected chi connectivity index (χ0v) is 11.7. The van der Waals surface area contributed by atoms with E-state index in [0.717, 1.165) is 16.7 Å². The molecule has 1 saturated heterocycles. The highest BCUT2D eigenvalue weighted by atomic mass is 16.6. The van der Waals surface area contributed by atoms with Gasteiger partial charge in [0.2, 0.25) is 0 Å². The molecular formula is C20H12O2. The van der Waals surface area contributed by atoms with Crippen molar-refractivity contribution >= 4 is 22.1 Å². The first kappa shape index (κ1) is 11.0. The molecule has 2 atom stereocenters. The van der Waals surface area contributed by atoms with Crippen LogP contribution in [0.3, 0.4) is 0 Å². The maximum atomic E-state index is 6.13. The van der Waals surface area contributed by atoms with Crippen molar-refractivity contribution in [3.8, 4) is 0 Å². The Bertz CT molecular complexity index is 988. The van der Waals surface area contributed by atoms with E-state index in [4.69, 9.17) is 9.15 Å². The molecular weight excluding hydrogens is 272 g/mol. The smallest absolute Gasteiger partial charge is 0.182 e. The average molecular weight is 284 g/mol. The molecule has 0 N–H and O–H groups in total. The fourth-order valence-corrected chi connectivity index (χ4v) is 3.94. The summed E-state index contributed by atoms with van der Waals surface area (Å²) in [5.41, 5.74) is 5.71. The van der Waals surface area contributed by atoms with Crippen LogP contribution in [0.15, 0.2) is 71.2 Å². The van der Waals surface area contributed by atoms with Crippen molar-refractivity contribution in [2.45, 2.75) is 11.7 Å². The minimum Gasteiger partial charge on any atom is -0.457 e. The minimum atomic E-state index is -0.405. The van der Waals surface area contributed by atoms with Crippen LogP contribution in [0.2, 0.25) is 0 Å². The van der Waals surface area contributed by atoms with E-state index in [-0.39, 0.29) is 6.10 Å². The number of para-hydroxylation sites is 1. The van der Waals surface area contributed by atoms with Crippen molar-refractivity contribution in [3.63, 3.8) is 0 Å². The van der Waals surface area contributed by atoms with Gasteiger partial charge in [0, 0.05) is 11.0 Å². The third kappa shape index (κ3) is 1.10. The van der Waals surface area contributed by atoms with Crippen LogP contribution in [0, 0.1) is 0 Å². The van der Waals surface area contributed by atoms with Gasteiger partial charge >= 0.3 is 0 Å². The number of hydrogen-bond acceptors (Lipinski definition) is 2. The summed E-state index contributed by atoms with van der Waals surface area (Å²) in [6, 6.07) is 18.8. The second kappa shape index (κ2) is 3.42. The Balaban J connectivity index is 1.60. The van der Waals surface area contributed by atoms with Gasteiger partial charge in [-0.25, -0.2) is 0 Å².